The van der Waals surface area contributed by atoms with Crippen molar-refractivity contribution < 1.29 is 0 Å². The van der Waals surface area contributed by atoms with Crippen molar-refractivity contribution in [2.75, 3.05) is 0 Å². The van der Waals surface area contributed by atoms with E-state index in [1.807, 2.05) is 47.3 Å². The van der Waals surface area contributed by atoms with Crippen LogP contribution in [0.3, 0.4) is 0 Å². The topological polar surface area (TPSA) is 30.7 Å². The molecule has 23 heavy (non-hydrogen) atoms. The summed E-state index contributed by atoms with van der Waals surface area (Å²) in [4.78, 5) is 0. The summed E-state index contributed by atoms with van der Waals surface area (Å²) >= 11 is 0. The van der Waals surface area contributed by atoms with E-state index >= 15 is 0 Å². The van der Waals surface area contributed by atoms with Gasteiger partial charge in [0.25, 0.3) is 0 Å². The van der Waals surface area contributed by atoms with E-state index in [1.54, 1.807) is 0 Å². The van der Waals surface area contributed by atoms with E-state index in [2.05, 4.69) is 61.4 Å². The van der Waals surface area contributed by atoms with E-state index in [0.29, 0.717) is 0 Å². The third-order valence-corrected chi connectivity index (χ3v) is 3.76. The zero-order valence-corrected chi connectivity index (χ0v) is 13.8. The summed E-state index contributed by atoms with van der Waals surface area (Å²) < 4.78 is 1.87. The Labute approximate surface area is 137 Å². The maximum atomic E-state index is 4.24. The van der Waals surface area contributed by atoms with Crippen LogP contribution in [0.25, 0.3) is 17.3 Å². The van der Waals surface area contributed by atoms with E-state index in [9.17, 15) is 0 Å². The van der Waals surface area contributed by atoms with Crippen LogP contribution in [-0.4, -0.2) is 15.0 Å². The molecule has 116 valence electrons. The minimum atomic E-state index is 0.0210. The van der Waals surface area contributed by atoms with Gasteiger partial charge in [-0.05, 0) is 34.8 Å². The predicted molar refractivity (Wildman–Crippen MR) is 95.1 cm³/mol. The zero-order chi connectivity index (χ0) is 16.3. The van der Waals surface area contributed by atoms with E-state index in [1.165, 1.54) is 11.1 Å². The molecule has 0 N–H and O–H groups in total. The minimum Gasteiger partial charge on any atom is -0.213 e. The molecule has 0 unspecified atom stereocenters. The maximum absolute atomic E-state index is 4.24. The number of rotatable bonds is 3. The van der Waals surface area contributed by atoms with Crippen LogP contribution in [0.2, 0.25) is 0 Å². The van der Waals surface area contributed by atoms with Crippen LogP contribution in [0, 0.1) is 5.41 Å². The molecule has 1 heterocycles. The Hall–Kier alpha value is -2.68. The van der Waals surface area contributed by atoms with Crippen LogP contribution >= 0.6 is 0 Å². The molecule has 0 saturated carbocycles. The number of allylic oxidation sites excluding steroid dienone is 1. The van der Waals surface area contributed by atoms with Crippen LogP contribution in [0.4, 0.5) is 0 Å². The fraction of sp³-hybridized carbons (Fsp3) is 0.200. The normalized spacial score (nSPS) is 12.4. The quantitative estimate of drug-likeness (QED) is 0.692. The average Bonchev–Trinajstić information content (AvgIpc) is 3.01. The summed E-state index contributed by atoms with van der Waals surface area (Å²) in [5, 5.41) is 8.33. The SMILES string of the molecule is CC(C)(C)/C(=C/c1cnnn1-c1ccccc1)c1ccccc1. The maximum Gasteiger partial charge on any atom is 0.0875 e. The second-order valence-electron chi connectivity index (χ2n) is 6.58. The molecule has 0 fully saturated rings. The molecule has 0 amide bonds. The Kier molecular flexibility index (Phi) is 4.11. The second kappa shape index (κ2) is 6.21. The van der Waals surface area contributed by atoms with Crippen molar-refractivity contribution in [2.45, 2.75) is 20.8 Å². The Balaban J connectivity index is 2.11. The third-order valence-electron chi connectivity index (χ3n) is 3.76. The van der Waals surface area contributed by atoms with Gasteiger partial charge >= 0.3 is 0 Å². The van der Waals surface area contributed by atoms with Gasteiger partial charge in [-0.1, -0.05) is 74.5 Å². The highest BCUT2D eigenvalue weighted by Gasteiger charge is 2.19. The molecule has 0 saturated heterocycles. The second-order valence-corrected chi connectivity index (χ2v) is 6.58. The summed E-state index contributed by atoms with van der Waals surface area (Å²) in [5.74, 6) is 0. The van der Waals surface area contributed by atoms with Crippen molar-refractivity contribution in [3.63, 3.8) is 0 Å². The highest BCUT2D eigenvalue weighted by molar-refractivity contribution is 5.83. The molecule has 0 aliphatic carbocycles. The zero-order valence-electron chi connectivity index (χ0n) is 13.8. The Morgan fingerprint density at radius 2 is 1.52 bits per heavy atom. The smallest absolute Gasteiger partial charge is 0.0875 e. The molecule has 3 aromatic rings. The molecule has 2 aromatic carbocycles. The lowest BCUT2D eigenvalue weighted by Gasteiger charge is -2.23. The molecule has 3 rings (SSSR count). The first kappa shape index (κ1) is 15.2. The first-order chi connectivity index (χ1) is 11.1. The van der Waals surface area contributed by atoms with Gasteiger partial charge in [-0.15, -0.1) is 5.10 Å². The molecule has 3 nitrogen and oxygen atoms in total. The van der Waals surface area contributed by atoms with Gasteiger partial charge in [-0.3, -0.25) is 0 Å². The molecule has 0 aliphatic heterocycles. The Bertz CT molecular complexity index is 794. The standard InChI is InChI=1S/C20H21N3/c1-20(2,3)19(16-10-6-4-7-11-16)14-18-15-21-22-23(18)17-12-8-5-9-13-17/h4-15H,1-3H3/b19-14+. The molecule has 0 spiro atoms. The number of nitrogens with zero attached hydrogens (tertiary/aromatic N) is 3. The van der Waals surface area contributed by atoms with Gasteiger partial charge in [0.2, 0.25) is 0 Å². The van der Waals surface area contributed by atoms with Crippen LogP contribution in [0.15, 0.2) is 66.9 Å². The predicted octanol–water partition coefficient (Wildman–Crippen LogP) is 4.85. The van der Waals surface area contributed by atoms with Crippen LogP contribution in [0.5, 0.6) is 0 Å². The fourth-order valence-electron chi connectivity index (χ4n) is 2.61. The fourth-order valence-corrected chi connectivity index (χ4v) is 2.61. The number of para-hydroxylation sites is 1. The van der Waals surface area contributed by atoms with Crippen molar-refractivity contribution in [3.05, 3.63) is 78.1 Å². The number of hydrogen-bond donors (Lipinski definition) is 0. The first-order valence-corrected chi connectivity index (χ1v) is 7.79. The van der Waals surface area contributed by atoms with Crippen LogP contribution < -0.4 is 0 Å². The molecule has 0 aliphatic rings. The first-order valence-electron chi connectivity index (χ1n) is 7.79. The largest absolute Gasteiger partial charge is 0.213 e. The molecule has 0 radical (unpaired) electrons. The average molecular weight is 303 g/mol. The highest BCUT2D eigenvalue weighted by atomic mass is 15.4. The van der Waals surface area contributed by atoms with Gasteiger partial charge in [0.05, 0.1) is 17.6 Å². The summed E-state index contributed by atoms with van der Waals surface area (Å²) in [6.45, 7) is 6.67. The molecule has 0 bridgehead atoms. The van der Waals surface area contributed by atoms with Gasteiger partial charge in [0, 0.05) is 0 Å². The summed E-state index contributed by atoms with van der Waals surface area (Å²) in [6.07, 6.45) is 3.99. The lowest BCUT2D eigenvalue weighted by molar-refractivity contribution is 0.569. The van der Waals surface area contributed by atoms with Gasteiger partial charge in [-0.2, -0.15) is 0 Å². The van der Waals surface area contributed by atoms with Crippen molar-refractivity contribution in [3.8, 4) is 5.69 Å². The molecule has 3 heteroatoms. The summed E-state index contributed by atoms with van der Waals surface area (Å²) in [7, 11) is 0. The monoisotopic (exact) mass is 303 g/mol. The van der Waals surface area contributed by atoms with Crippen molar-refractivity contribution in [1.82, 2.24) is 15.0 Å². The van der Waals surface area contributed by atoms with E-state index in [-0.39, 0.29) is 5.41 Å². The summed E-state index contributed by atoms with van der Waals surface area (Å²) in [6, 6.07) is 20.6. The Morgan fingerprint density at radius 3 is 2.13 bits per heavy atom. The highest BCUT2D eigenvalue weighted by Crippen LogP contribution is 2.35. The van der Waals surface area contributed by atoms with Gasteiger partial charge in [-0.25, -0.2) is 4.68 Å². The minimum absolute atomic E-state index is 0.0210. The Morgan fingerprint density at radius 1 is 0.913 bits per heavy atom. The molecular weight excluding hydrogens is 282 g/mol. The summed E-state index contributed by atoms with van der Waals surface area (Å²) in [5.41, 5.74) is 4.49. The van der Waals surface area contributed by atoms with Crippen LogP contribution in [0.1, 0.15) is 32.0 Å². The van der Waals surface area contributed by atoms with Gasteiger partial charge in [0.15, 0.2) is 0 Å². The van der Waals surface area contributed by atoms with Crippen molar-refractivity contribution in [1.29, 1.82) is 0 Å². The lowest BCUT2D eigenvalue weighted by atomic mass is 9.81. The van der Waals surface area contributed by atoms with E-state index in [4.69, 9.17) is 0 Å². The van der Waals surface area contributed by atoms with Gasteiger partial charge < -0.3 is 0 Å². The number of aromatic nitrogens is 3. The van der Waals surface area contributed by atoms with E-state index in [0.717, 1.165) is 11.4 Å². The van der Waals surface area contributed by atoms with Crippen molar-refractivity contribution in [2.24, 2.45) is 5.41 Å². The van der Waals surface area contributed by atoms with Gasteiger partial charge in [0.1, 0.15) is 0 Å². The van der Waals surface area contributed by atoms with Crippen molar-refractivity contribution >= 4 is 11.6 Å². The molecular formula is C20H21N3. The number of hydrogen-bond acceptors (Lipinski definition) is 2. The number of benzene rings is 2. The lowest BCUT2D eigenvalue weighted by Crippen LogP contribution is -2.09. The molecule has 0 atom stereocenters. The molecule has 1 aromatic heterocycles. The van der Waals surface area contributed by atoms with E-state index < -0.39 is 0 Å². The van der Waals surface area contributed by atoms with Crippen LogP contribution in [-0.2, 0) is 0 Å². The third kappa shape index (κ3) is 3.39.